The van der Waals surface area contributed by atoms with E-state index in [0.717, 1.165) is 10.0 Å². The number of pyridine rings is 1. The van der Waals surface area contributed by atoms with Crippen LogP contribution in [0.15, 0.2) is 41.0 Å². The summed E-state index contributed by atoms with van der Waals surface area (Å²) in [6, 6.07) is 9.11. The van der Waals surface area contributed by atoms with Crippen LogP contribution in [0.3, 0.4) is 0 Å². The molecule has 0 fully saturated rings. The number of para-hydroxylation sites is 1. The summed E-state index contributed by atoms with van der Waals surface area (Å²) in [5.74, 6) is -0.240. The summed E-state index contributed by atoms with van der Waals surface area (Å²) in [7, 11) is 0. The number of nitrogens with zero attached hydrogens (tertiary/aromatic N) is 2. The predicted molar refractivity (Wildman–Crippen MR) is 91.8 cm³/mol. The maximum absolute atomic E-state index is 12.6. The molecule has 0 aliphatic heterocycles. The molecule has 0 spiro atoms. The van der Waals surface area contributed by atoms with Gasteiger partial charge in [-0.1, -0.05) is 23.7 Å². The van der Waals surface area contributed by atoms with Gasteiger partial charge >= 0.3 is 0 Å². The summed E-state index contributed by atoms with van der Waals surface area (Å²) in [6.07, 6.45) is 1.89. The van der Waals surface area contributed by atoms with Gasteiger partial charge in [0, 0.05) is 6.20 Å². The van der Waals surface area contributed by atoms with Crippen molar-refractivity contribution < 1.29 is 4.79 Å². The highest BCUT2D eigenvalue weighted by Gasteiger charge is 2.19. The maximum Gasteiger partial charge on any atom is 0.274 e. The first kappa shape index (κ1) is 15.1. The van der Waals surface area contributed by atoms with Gasteiger partial charge in [0.05, 0.1) is 20.9 Å². The Labute approximate surface area is 141 Å². The molecule has 4 nitrogen and oxygen atoms in total. The molecule has 0 saturated heterocycles. The van der Waals surface area contributed by atoms with Crippen LogP contribution in [0.2, 0.25) is 5.02 Å². The second-order valence-electron chi connectivity index (χ2n) is 5.04. The summed E-state index contributed by atoms with van der Waals surface area (Å²) >= 11 is 9.58. The fraction of sp³-hybridized carbons (Fsp3) is 0.125. The number of fused-ring (bicyclic) bond motifs is 1. The van der Waals surface area contributed by atoms with Crippen LogP contribution in [0, 0.1) is 13.8 Å². The molecule has 2 heterocycles. The van der Waals surface area contributed by atoms with Crippen molar-refractivity contribution in [1.29, 1.82) is 0 Å². The van der Waals surface area contributed by atoms with Crippen LogP contribution in [0.4, 0.5) is 5.69 Å². The van der Waals surface area contributed by atoms with Crippen molar-refractivity contribution in [2.75, 3.05) is 5.32 Å². The minimum Gasteiger partial charge on any atom is -0.319 e. The maximum atomic E-state index is 12.6. The van der Waals surface area contributed by atoms with E-state index in [1.807, 2.05) is 38.2 Å². The Morgan fingerprint density at radius 2 is 2.05 bits per heavy atom. The number of rotatable bonds is 2. The number of benzene rings is 1. The highest BCUT2D eigenvalue weighted by atomic mass is 79.9. The van der Waals surface area contributed by atoms with Crippen molar-refractivity contribution in [1.82, 2.24) is 9.38 Å². The quantitative estimate of drug-likeness (QED) is 0.707. The van der Waals surface area contributed by atoms with Crippen molar-refractivity contribution in [2.24, 2.45) is 0 Å². The monoisotopic (exact) mass is 377 g/mol. The number of carbonyl (C=O) groups is 1. The SMILES string of the molecule is Cc1cc(Br)c2nc(C)c(C(=O)Nc3ccccc3Cl)n2c1. The van der Waals surface area contributed by atoms with E-state index >= 15 is 0 Å². The van der Waals surface area contributed by atoms with E-state index in [9.17, 15) is 4.79 Å². The normalized spacial score (nSPS) is 10.9. The molecule has 3 rings (SSSR count). The summed E-state index contributed by atoms with van der Waals surface area (Å²) in [6.45, 7) is 3.78. The highest BCUT2D eigenvalue weighted by molar-refractivity contribution is 9.10. The molecule has 0 atom stereocenters. The number of imidazole rings is 1. The van der Waals surface area contributed by atoms with Gasteiger partial charge in [0.15, 0.2) is 5.65 Å². The Hall–Kier alpha value is -1.85. The molecule has 0 unspecified atom stereocenters. The van der Waals surface area contributed by atoms with E-state index in [2.05, 4.69) is 26.2 Å². The number of anilines is 1. The zero-order valence-electron chi connectivity index (χ0n) is 12.0. The summed E-state index contributed by atoms with van der Waals surface area (Å²) in [4.78, 5) is 17.1. The lowest BCUT2D eigenvalue weighted by Gasteiger charge is -2.08. The molecule has 2 aromatic heterocycles. The van der Waals surface area contributed by atoms with Gasteiger partial charge in [-0.15, -0.1) is 0 Å². The number of hydrogen-bond acceptors (Lipinski definition) is 2. The fourth-order valence-electron chi connectivity index (χ4n) is 2.36. The number of halogens is 2. The van der Waals surface area contributed by atoms with Crippen LogP contribution < -0.4 is 5.32 Å². The number of aromatic nitrogens is 2. The topological polar surface area (TPSA) is 46.4 Å². The number of carbonyl (C=O) groups excluding carboxylic acids is 1. The zero-order chi connectivity index (χ0) is 15.9. The van der Waals surface area contributed by atoms with Crippen molar-refractivity contribution in [3.05, 3.63) is 63.0 Å². The van der Waals surface area contributed by atoms with Gasteiger partial charge in [0.25, 0.3) is 5.91 Å². The molecule has 0 saturated carbocycles. The first-order valence-corrected chi connectivity index (χ1v) is 7.85. The molecule has 0 aliphatic rings. The Morgan fingerprint density at radius 1 is 1.32 bits per heavy atom. The van der Waals surface area contributed by atoms with E-state index in [1.54, 1.807) is 16.5 Å². The Kier molecular flexibility index (Phi) is 3.93. The number of amides is 1. The Balaban J connectivity index is 2.08. The van der Waals surface area contributed by atoms with Gasteiger partial charge in [-0.25, -0.2) is 4.98 Å². The zero-order valence-corrected chi connectivity index (χ0v) is 14.4. The highest BCUT2D eigenvalue weighted by Crippen LogP contribution is 2.25. The van der Waals surface area contributed by atoms with Crippen LogP contribution in [0.1, 0.15) is 21.7 Å². The van der Waals surface area contributed by atoms with E-state index < -0.39 is 0 Å². The van der Waals surface area contributed by atoms with E-state index in [0.29, 0.717) is 27.7 Å². The summed E-state index contributed by atoms with van der Waals surface area (Å²) < 4.78 is 2.65. The smallest absolute Gasteiger partial charge is 0.274 e. The molecule has 3 aromatic rings. The average Bonchev–Trinajstić information content (AvgIpc) is 2.78. The van der Waals surface area contributed by atoms with Gasteiger partial charge in [0.1, 0.15) is 5.69 Å². The molecular weight excluding hydrogens is 366 g/mol. The number of hydrogen-bond donors (Lipinski definition) is 1. The molecule has 22 heavy (non-hydrogen) atoms. The molecule has 6 heteroatoms. The van der Waals surface area contributed by atoms with Crippen molar-refractivity contribution >= 4 is 44.8 Å². The summed E-state index contributed by atoms with van der Waals surface area (Å²) in [5.41, 5.74) is 3.49. The third-order valence-corrected chi connectivity index (χ3v) is 4.24. The Morgan fingerprint density at radius 3 is 2.77 bits per heavy atom. The lowest BCUT2D eigenvalue weighted by atomic mass is 10.2. The lowest BCUT2D eigenvalue weighted by molar-refractivity contribution is 0.102. The second kappa shape index (κ2) is 5.74. The molecule has 1 aromatic carbocycles. The molecule has 0 radical (unpaired) electrons. The minimum absolute atomic E-state index is 0.240. The minimum atomic E-state index is -0.240. The van der Waals surface area contributed by atoms with Gasteiger partial charge in [-0.3, -0.25) is 9.20 Å². The van der Waals surface area contributed by atoms with E-state index in [4.69, 9.17) is 11.6 Å². The Bertz CT molecular complexity index is 888. The molecule has 1 N–H and O–H groups in total. The number of nitrogens with one attached hydrogen (secondary N) is 1. The standard InChI is InChI=1S/C16H13BrClN3O/c1-9-7-11(17)15-19-10(2)14(21(15)8-9)16(22)20-13-6-4-3-5-12(13)18/h3-8H,1-2H3,(H,20,22). The van der Waals surface area contributed by atoms with Crippen LogP contribution in [0.5, 0.6) is 0 Å². The van der Waals surface area contributed by atoms with Crippen LogP contribution >= 0.6 is 27.5 Å². The average molecular weight is 379 g/mol. The van der Waals surface area contributed by atoms with Gasteiger partial charge < -0.3 is 5.32 Å². The van der Waals surface area contributed by atoms with E-state index in [1.165, 1.54) is 0 Å². The first-order chi connectivity index (χ1) is 10.5. The molecule has 0 bridgehead atoms. The lowest BCUT2D eigenvalue weighted by Crippen LogP contribution is -2.16. The van der Waals surface area contributed by atoms with Crippen LogP contribution in [-0.2, 0) is 0 Å². The predicted octanol–water partition coefficient (Wildman–Crippen LogP) is 4.62. The molecule has 1 amide bonds. The molecule has 0 aliphatic carbocycles. The van der Waals surface area contributed by atoms with Crippen molar-refractivity contribution in [3.8, 4) is 0 Å². The van der Waals surface area contributed by atoms with Gasteiger partial charge in [0.2, 0.25) is 0 Å². The third kappa shape index (κ3) is 2.62. The summed E-state index contributed by atoms with van der Waals surface area (Å²) in [5, 5.41) is 3.34. The molecule has 112 valence electrons. The van der Waals surface area contributed by atoms with Crippen molar-refractivity contribution in [2.45, 2.75) is 13.8 Å². The van der Waals surface area contributed by atoms with Gasteiger partial charge in [-0.2, -0.15) is 0 Å². The van der Waals surface area contributed by atoms with E-state index in [-0.39, 0.29) is 5.91 Å². The largest absolute Gasteiger partial charge is 0.319 e. The van der Waals surface area contributed by atoms with Gasteiger partial charge in [-0.05, 0) is 53.5 Å². The van der Waals surface area contributed by atoms with Crippen LogP contribution in [-0.4, -0.2) is 15.3 Å². The third-order valence-electron chi connectivity index (χ3n) is 3.32. The fourth-order valence-corrected chi connectivity index (χ4v) is 3.19. The van der Waals surface area contributed by atoms with Crippen molar-refractivity contribution in [3.63, 3.8) is 0 Å². The molecular formula is C16H13BrClN3O. The first-order valence-electron chi connectivity index (χ1n) is 6.68. The second-order valence-corrected chi connectivity index (χ2v) is 6.30. The number of aryl methyl sites for hydroxylation is 2. The van der Waals surface area contributed by atoms with Crippen LogP contribution in [0.25, 0.3) is 5.65 Å².